The summed E-state index contributed by atoms with van der Waals surface area (Å²) in [4.78, 5) is 30.7. The summed E-state index contributed by atoms with van der Waals surface area (Å²) in [6, 6.07) is 14.1. The van der Waals surface area contributed by atoms with Crippen LogP contribution >= 0.6 is 23.2 Å². The highest BCUT2D eigenvalue weighted by atomic mass is 35.5. The van der Waals surface area contributed by atoms with Crippen LogP contribution < -0.4 is 10.2 Å². The first-order valence-corrected chi connectivity index (χ1v) is 13.2. The monoisotopic (exact) mass is 527 g/mol. The van der Waals surface area contributed by atoms with Gasteiger partial charge in [0.05, 0.1) is 34.1 Å². The lowest BCUT2D eigenvalue weighted by atomic mass is 10.1. The van der Waals surface area contributed by atoms with Gasteiger partial charge in [0.25, 0.3) is 11.8 Å². The Morgan fingerprint density at radius 3 is 2.53 bits per heavy atom. The van der Waals surface area contributed by atoms with Crippen LogP contribution in [-0.4, -0.2) is 36.3 Å². The standard InChI is InChI=1S/C28H31Cl2N3O3/c1-2-3-13-33(19-22-8-7-16-36-22)26-12-10-21(18-23(26)28(35)32-14-5-4-6-15-32)31-27(34)20-9-11-24(29)25(30)17-20/h7-12,16-18H,2-6,13-15,19H2,1H3,(H,31,34). The minimum absolute atomic E-state index is 0.0173. The molecule has 1 N–H and O–H groups in total. The molecule has 4 rings (SSSR count). The molecule has 1 fully saturated rings. The zero-order chi connectivity index (χ0) is 25.5. The van der Waals surface area contributed by atoms with Crippen LogP contribution in [-0.2, 0) is 6.54 Å². The van der Waals surface area contributed by atoms with Crippen LogP contribution in [0.5, 0.6) is 0 Å². The summed E-state index contributed by atoms with van der Waals surface area (Å²) in [5, 5.41) is 3.60. The number of nitrogens with one attached hydrogen (secondary N) is 1. The van der Waals surface area contributed by atoms with Crippen molar-refractivity contribution in [1.29, 1.82) is 0 Å². The summed E-state index contributed by atoms with van der Waals surface area (Å²) in [5.74, 6) is 0.492. The molecular formula is C28H31Cl2N3O3. The first-order valence-electron chi connectivity index (χ1n) is 12.4. The van der Waals surface area contributed by atoms with E-state index in [1.54, 1.807) is 24.5 Å². The van der Waals surface area contributed by atoms with Gasteiger partial charge in [-0.3, -0.25) is 9.59 Å². The molecule has 0 spiro atoms. The lowest BCUT2D eigenvalue weighted by molar-refractivity contribution is 0.0724. The topological polar surface area (TPSA) is 65.8 Å². The fourth-order valence-electron chi connectivity index (χ4n) is 4.39. The van der Waals surface area contributed by atoms with Crippen LogP contribution in [0.25, 0.3) is 0 Å². The van der Waals surface area contributed by atoms with Gasteiger partial charge in [0.2, 0.25) is 0 Å². The molecule has 3 aromatic rings. The molecule has 6 nitrogen and oxygen atoms in total. The first kappa shape index (κ1) is 26.1. The molecule has 0 radical (unpaired) electrons. The van der Waals surface area contributed by atoms with Crippen molar-refractivity contribution in [3.8, 4) is 0 Å². The molecule has 2 amide bonds. The third-order valence-electron chi connectivity index (χ3n) is 6.36. The van der Waals surface area contributed by atoms with Crippen LogP contribution in [0, 0.1) is 0 Å². The number of carbonyl (C=O) groups excluding carboxylic acids is 2. The SMILES string of the molecule is CCCCN(Cc1ccco1)c1ccc(NC(=O)c2ccc(Cl)c(Cl)c2)cc1C(=O)N1CCCCC1. The number of nitrogens with zero attached hydrogens (tertiary/aromatic N) is 2. The van der Waals surface area contributed by atoms with Crippen molar-refractivity contribution in [2.24, 2.45) is 0 Å². The molecule has 0 atom stereocenters. The van der Waals surface area contributed by atoms with E-state index in [0.717, 1.165) is 63.2 Å². The summed E-state index contributed by atoms with van der Waals surface area (Å²) in [5.41, 5.74) is 2.35. The van der Waals surface area contributed by atoms with Crippen molar-refractivity contribution >= 4 is 46.4 Å². The van der Waals surface area contributed by atoms with Gasteiger partial charge in [-0.1, -0.05) is 36.5 Å². The number of furan rings is 1. The molecule has 0 unspecified atom stereocenters. The molecule has 36 heavy (non-hydrogen) atoms. The molecule has 0 aliphatic carbocycles. The van der Waals surface area contributed by atoms with Crippen molar-refractivity contribution < 1.29 is 14.0 Å². The molecule has 0 saturated carbocycles. The highest BCUT2D eigenvalue weighted by Crippen LogP contribution is 2.30. The number of likely N-dealkylation sites (tertiary alicyclic amines) is 1. The van der Waals surface area contributed by atoms with E-state index in [9.17, 15) is 9.59 Å². The number of anilines is 2. The maximum atomic E-state index is 13.7. The predicted molar refractivity (Wildman–Crippen MR) is 145 cm³/mol. The van der Waals surface area contributed by atoms with Crippen molar-refractivity contribution in [2.45, 2.75) is 45.6 Å². The lowest BCUT2D eigenvalue weighted by Gasteiger charge is -2.31. The predicted octanol–water partition coefficient (Wildman–Crippen LogP) is 7.27. The van der Waals surface area contributed by atoms with Gasteiger partial charge in [-0.2, -0.15) is 0 Å². The number of piperidine rings is 1. The Kier molecular flexibility index (Phi) is 8.94. The summed E-state index contributed by atoms with van der Waals surface area (Å²) in [7, 11) is 0. The molecule has 2 aromatic carbocycles. The van der Waals surface area contributed by atoms with E-state index >= 15 is 0 Å². The lowest BCUT2D eigenvalue weighted by Crippen LogP contribution is -2.37. The van der Waals surface area contributed by atoms with Gasteiger partial charge in [0.1, 0.15) is 5.76 Å². The van der Waals surface area contributed by atoms with Crippen molar-refractivity contribution in [1.82, 2.24) is 4.90 Å². The number of amides is 2. The minimum Gasteiger partial charge on any atom is -0.467 e. The quantitative estimate of drug-likeness (QED) is 0.317. The van der Waals surface area contributed by atoms with E-state index in [-0.39, 0.29) is 11.8 Å². The molecule has 1 aromatic heterocycles. The smallest absolute Gasteiger partial charge is 0.256 e. The van der Waals surface area contributed by atoms with E-state index in [4.69, 9.17) is 27.6 Å². The van der Waals surface area contributed by atoms with Gasteiger partial charge in [-0.25, -0.2) is 0 Å². The van der Waals surface area contributed by atoms with Gasteiger partial charge < -0.3 is 19.5 Å². The van der Waals surface area contributed by atoms with Crippen LogP contribution in [0.3, 0.4) is 0 Å². The fraction of sp³-hybridized carbons (Fsp3) is 0.357. The Morgan fingerprint density at radius 1 is 1.03 bits per heavy atom. The second kappa shape index (κ2) is 12.3. The third kappa shape index (κ3) is 6.42. The molecule has 1 aliphatic heterocycles. The number of hydrogen-bond donors (Lipinski definition) is 1. The number of unbranched alkanes of at least 4 members (excludes halogenated alkanes) is 1. The number of carbonyl (C=O) groups is 2. The van der Waals surface area contributed by atoms with Crippen LogP contribution in [0.4, 0.5) is 11.4 Å². The normalized spacial score (nSPS) is 13.5. The zero-order valence-corrected chi connectivity index (χ0v) is 21.9. The van der Waals surface area contributed by atoms with Gasteiger partial charge in [-0.05, 0) is 74.2 Å². The average Bonchev–Trinajstić information content (AvgIpc) is 3.41. The number of rotatable bonds is 9. The molecule has 2 heterocycles. The Balaban J connectivity index is 1.67. The summed E-state index contributed by atoms with van der Waals surface area (Å²) < 4.78 is 5.61. The summed E-state index contributed by atoms with van der Waals surface area (Å²) in [6.45, 7) is 4.97. The Hall–Kier alpha value is -2.96. The average molecular weight is 528 g/mol. The Bertz CT molecular complexity index is 1190. The van der Waals surface area contributed by atoms with Gasteiger partial charge in [0.15, 0.2) is 0 Å². The minimum atomic E-state index is -0.323. The number of halogens is 2. The first-order chi connectivity index (χ1) is 17.5. The van der Waals surface area contributed by atoms with E-state index in [1.807, 2.05) is 29.2 Å². The molecule has 190 valence electrons. The molecule has 0 bridgehead atoms. The van der Waals surface area contributed by atoms with Gasteiger partial charge in [-0.15, -0.1) is 0 Å². The largest absolute Gasteiger partial charge is 0.467 e. The van der Waals surface area contributed by atoms with Crippen molar-refractivity contribution in [3.63, 3.8) is 0 Å². The summed E-state index contributed by atoms with van der Waals surface area (Å²) in [6.07, 6.45) is 6.81. The van der Waals surface area contributed by atoms with Gasteiger partial charge >= 0.3 is 0 Å². The maximum Gasteiger partial charge on any atom is 0.256 e. The van der Waals surface area contributed by atoms with E-state index < -0.39 is 0 Å². The second-order valence-corrected chi connectivity index (χ2v) is 9.84. The molecular weight excluding hydrogens is 497 g/mol. The zero-order valence-electron chi connectivity index (χ0n) is 20.4. The van der Waals surface area contributed by atoms with E-state index in [1.165, 1.54) is 6.07 Å². The van der Waals surface area contributed by atoms with Crippen LogP contribution in [0.2, 0.25) is 10.0 Å². The van der Waals surface area contributed by atoms with Crippen molar-refractivity contribution in [3.05, 3.63) is 81.7 Å². The molecule has 1 saturated heterocycles. The maximum absolute atomic E-state index is 13.7. The third-order valence-corrected chi connectivity index (χ3v) is 7.10. The Morgan fingerprint density at radius 2 is 1.83 bits per heavy atom. The summed E-state index contributed by atoms with van der Waals surface area (Å²) >= 11 is 12.1. The van der Waals surface area contributed by atoms with E-state index in [2.05, 4.69) is 17.1 Å². The highest BCUT2D eigenvalue weighted by molar-refractivity contribution is 6.42. The van der Waals surface area contributed by atoms with Crippen LogP contribution in [0.15, 0.2) is 59.2 Å². The van der Waals surface area contributed by atoms with Crippen molar-refractivity contribution in [2.75, 3.05) is 29.9 Å². The van der Waals surface area contributed by atoms with Crippen LogP contribution in [0.1, 0.15) is 65.5 Å². The number of hydrogen-bond acceptors (Lipinski definition) is 4. The molecule has 8 heteroatoms. The second-order valence-electron chi connectivity index (χ2n) is 9.02. The molecule has 1 aliphatic rings. The fourth-order valence-corrected chi connectivity index (χ4v) is 4.69. The number of benzene rings is 2. The van der Waals surface area contributed by atoms with Gasteiger partial charge in [0, 0.05) is 30.9 Å². The highest BCUT2D eigenvalue weighted by Gasteiger charge is 2.24. The Labute approximate surface area is 222 Å². The van der Waals surface area contributed by atoms with E-state index in [0.29, 0.717) is 33.4 Å².